The van der Waals surface area contributed by atoms with E-state index in [1.54, 1.807) is 0 Å². The Hall–Kier alpha value is -2.49. The van der Waals surface area contributed by atoms with Crippen LogP contribution in [0, 0.1) is 13.8 Å². The van der Waals surface area contributed by atoms with Crippen molar-refractivity contribution in [3.8, 4) is 11.5 Å². The van der Waals surface area contributed by atoms with E-state index in [1.807, 2.05) is 56.3 Å². The van der Waals surface area contributed by atoms with Crippen LogP contribution < -0.4 is 14.8 Å². The van der Waals surface area contributed by atoms with Gasteiger partial charge in [-0.2, -0.15) is 0 Å². The molecule has 0 aliphatic heterocycles. The Morgan fingerprint density at radius 3 is 2.48 bits per heavy atom. The summed E-state index contributed by atoms with van der Waals surface area (Å²) in [7, 11) is 0. The normalized spacial score (nSPS) is 10.4. The van der Waals surface area contributed by atoms with Crippen LogP contribution in [0.2, 0.25) is 0 Å². The lowest BCUT2D eigenvalue weighted by atomic mass is 10.1. The van der Waals surface area contributed by atoms with Gasteiger partial charge in [-0.3, -0.25) is 4.79 Å². The Balaban J connectivity index is 1.79. The maximum absolute atomic E-state index is 12.0. The van der Waals surface area contributed by atoms with E-state index in [4.69, 9.17) is 9.47 Å². The highest BCUT2D eigenvalue weighted by molar-refractivity contribution is 5.91. The lowest BCUT2D eigenvalue weighted by molar-refractivity contribution is -0.118. The molecule has 2 rings (SSSR count). The number of hydrogen-bond donors (Lipinski definition) is 1. The minimum Gasteiger partial charge on any atom is -0.494 e. The van der Waals surface area contributed by atoms with Crippen LogP contribution >= 0.6 is 0 Å². The molecule has 4 nitrogen and oxygen atoms in total. The molecule has 134 valence electrons. The van der Waals surface area contributed by atoms with Crippen LogP contribution in [0.25, 0.3) is 0 Å². The van der Waals surface area contributed by atoms with Crippen molar-refractivity contribution in [2.45, 2.75) is 40.0 Å². The third-order valence-corrected chi connectivity index (χ3v) is 3.86. The number of benzene rings is 2. The van der Waals surface area contributed by atoms with Gasteiger partial charge in [-0.25, -0.2) is 0 Å². The molecule has 4 heteroatoms. The number of anilines is 1. The summed E-state index contributed by atoms with van der Waals surface area (Å²) in [5.74, 6) is 1.38. The van der Waals surface area contributed by atoms with Crippen molar-refractivity contribution in [3.63, 3.8) is 0 Å². The molecule has 0 atom stereocenters. The van der Waals surface area contributed by atoms with Crippen LogP contribution in [0.1, 0.15) is 37.3 Å². The molecule has 0 radical (unpaired) electrons. The molecule has 0 aliphatic rings. The molecule has 0 bridgehead atoms. The lowest BCUT2D eigenvalue weighted by Crippen LogP contribution is -2.20. The number of ether oxygens (including phenoxy) is 2. The van der Waals surface area contributed by atoms with Crippen molar-refractivity contribution in [3.05, 3.63) is 53.6 Å². The zero-order valence-electron chi connectivity index (χ0n) is 15.3. The highest BCUT2D eigenvalue weighted by Gasteiger charge is 2.06. The highest BCUT2D eigenvalue weighted by Crippen LogP contribution is 2.19. The number of carbonyl (C=O) groups is 1. The summed E-state index contributed by atoms with van der Waals surface area (Å²) >= 11 is 0. The predicted molar refractivity (Wildman–Crippen MR) is 102 cm³/mol. The van der Waals surface area contributed by atoms with Crippen molar-refractivity contribution in [2.75, 3.05) is 18.5 Å². The molecule has 1 amide bonds. The summed E-state index contributed by atoms with van der Waals surface area (Å²) < 4.78 is 11.3. The van der Waals surface area contributed by atoms with Gasteiger partial charge in [0.1, 0.15) is 11.5 Å². The van der Waals surface area contributed by atoms with Gasteiger partial charge >= 0.3 is 0 Å². The van der Waals surface area contributed by atoms with E-state index < -0.39 is 0 Å². The minimum atomic E-state index is -0.183. The molecule has 0 saturated heterocycles. The molecule has 0 saturated carbocycles. The van der Waals surface area contributed by atoms with Gasteiger partial charge in [0.25, 0.3) is 5.91 Å². The summed E-state index contributed by atoms with van der Waals surface area (Å²) in [6, 6.07) is 13.4. The lowest BCUT2D eigenvalue weighted by Gasteiger charge is -2.11. The first-order valence-corrected chi connectivity index (χ1v) is 8.81. The SMILES string of the molecule is CCCCCOc1ccc(NC(=O)COc2cc(C)ccc2C)cc1. The van der Waals surface area contributed by atoms with E-state index in [-0.39, 0.29) is 12.5 Å². The van der Waals surface area contributed by atoms with Gasteiger partial charge < -0.3 is 14.8 Å². The van der Waals surface area contributed by atoms with Crippen LogP contribution in [0.3, 0.4) is 0 Å². The van der Waals surface area contributed by atoms with E-state index in [2.05, 4.69) is 12.2 Å². The number of nitrogens with one attached hydrogen (secondary N) is 1. The first kappa shape index (κ1) is 18.8. The Bertz CT molecular complexity index is 680. The number of unbranched alkanes of at least 4 members (excludes halogenated alkanes) is 2. The molecule has 0 aliphatic carbocycles. The monoisotopic (exact) mass is 341 g/mol. The van der Waals surface area contributed by atoms with Gasteiger partial charge in [-0.05, 0) is 61.7 Å². The Labute approximate surface area is 150 Å². The topological polar surface area (TPSA) is 47.6 Å². The second-order valence-electron chi connectivity index (χ2n) is 6.19. The van der Waals surface area contributed by atoms with Crippen molar-refractivity contribution in [2.24, 2.45) is 0 Å². The number of amides is 1. The minimum absolute atomic E-state index is 0.0143. The fraction of sp³-hybridized carbons (Fsp3) is 0.381. The standard InChI is InChI=1S/C21H27NO3/c1-4-5-6-13-24-19-11-9-18(10-12-19)22-21(23)15-25-20-14-16(2)7-8-17(20)3/h7-12,14H,4-6,13,15H2,1-3H3,(H,22,23). The average Bonchev–Trinajstić information content (AvgIpc) is 2.61. The van der Waals surface area contributed by atoms with Gasteiger partial charge in [0.2, 0.25) is 0 Å². The zero-order valence-corrected chi connectivity index (χ0v) is 15.3. The number of hydrogen-bond acceptors (Lipinski definition) is 3. The first-order chi connectivity index (χ1) is 12.1. The molecule has 0 aromatic heterocycles. The maximum atomic E-state index is 12.0. The van der Waals surface area contributed by atoms with E-state index in [0.29, 0.717) is 0 Å². The van der Waals surface area contributed by atoms with E-state index in [0.717, 1.165) is 41.3 Å². The van der Waals surface area contributed by atoms with E-state index in [9.17, 15) is 4.79 Å². The number of aryl methyl sites for hydroxylation is 2. The van der Waals surface area contributed by atoms with Crippen molar-refractivity contribution >= 4 is 11.6 Å². The molecule has 0 heterocycles. The highest BCUT2D eigenvalue weighted by atomic mass is 16.5. The molecule has 0 fully saturated rings. The van der Waals surface area contributed by atoms with Crippen LogP contribution in [0.15, 0.2) is 42.5 Å². The van der Waals surface area contributed by atoms with Gasteiger partial charge in [-0.15, -0.1) is 0 Å². The fourth-order valence-corrected chi connectivity index (χ4v) is 2.38. The van der Waals surface area contributed by atoms with Gasteiger partial charge in [-0.1, -0.05) is 31.9 Å². The molecular formula is C21H27NO3. The smallest absolute Gasteiger partial charge is 0.262 e. The molecule has 2 aromatic carbocycles. The number of rotatable bonds is 9. The fourth-order valence-electron chi connectivity index (χ4n) is 2.38. The zero-order chi connectivity index (χ0) is 18.1. The molecule has 1 N–H and O–H groups in total. The van der Waals surface area contributed by atoms with Gasteiger partial charge in [0, 0.05) is 5.69 Å². The molecule has 0 spiro atoms. The third kappa shape index (κ3) is 6.49. The van der Waals surface area contributed by atoms with Crippen molar-refractivity contribution in [1.82, 2.24) is 0 Å². The van der Waals surface area contributed by atoms with E-state index in [1.165, 1.54) is 12.8 Å². The first-order valence-electron chi connectivity index (χ1n) is 8.81. The molecule has 2 aromatic rings. The van der Waals surface area contributed by atoms with Gasteiger partial charge in [0.05, 0.1) is 6.61 Å². The van der Waals surface area contributed by atoms with Crippen LogP contribution in [-0.2, 0) is 4.79 Å². The number of carbonyl (C=O) groups excluding carboxylic acids is 1. The quantitative estimate of drug-likeness (QED) is 0.661. The van der Waals surface area contributed by atoms with Crippen LogP contribution in [0.5, 0.6) is 11.5 Å². The molecule has 25 heavy (non-hydrogen) atoms. The third-order valence-electron chi connectivity index (χ3n) is 3.86. The second-order valence-corrected chi connectivity index (χ2v) is 6.19. The van der Waals surface area contributed by atoms with Gasteiger partial charge in [0.15, 0.2) is 6.61 Å². The van der Waals surface area contributed by atoms with Crippen LogP contribution in [0.4, 0.5) is 5.69 Å². The summed E-state index contributed by atoms with van der Waals surface area (Å²) in [5.41, 5.74) is 2.86. The maximum Gasteiger partial charge on any atom is 0.262 e. The summed E-state index contributed by atoms with van der Waals surface area (Å²) in [6.45, 7) is 6.84. The largest absolute Gasteiger partial charge is 0.494 e. The Morgan fingerprint density at radius 1 is 1.00 bits per heavy atom. The Morgan fingerprint density at radius 2 is 1.76 bits per heavy atom. The molecular weight excluding hydrogens is 314 g/mol. The van der Waals surface area contributed by atoms with E-state index >= 15 is 0 Å². The second kappa shape index (κ2) is 9.72. The van der Waals surface area contributed by atoms with Crippen LogP contribution in [-0.4, -0.2) is 19.1 Å². The summed E-state index contributed by atoms with van der Waals surface area (Å²) in [4.78, 5) is 12.0. The van der Waals surface area contributed by atoms with Crippen molar-refractivity contribution in [1.29, 1.82) is 0 Å². The molecule has 0 unspecified atom stereocenters. The van der Waals surface area contributed by atoms with Crippen molar-refractivity contribution < 1.29 is 14.3 Å². The predicted octanol–water partition coefficient (Wildman–Crippen LogP) is 4.89. The summed E-state index contributed by atoms with van der Waals surface area (Å²) in [5, 5.41) is 2.83. The average molecular weight is 341 g/mol. The Kier molecular flexibility index (Phi) is 7.33. The summed E-state index contributed by atoms with van der Waals surface area (Å²) in [6.07, 6.45) is 3.41.